The van der Waals surface area contributed by atoms with E-state index in [1.807, 2.05) is 56.3 Å². The van der Waals surface area contributed by atoms with Crippen molar-refractivity contribution in [3.05, 3.63) is 70.2 Å². The standard InChI is InChI=1S/C12H14ClNO3.C6H5Cl.C3H6.C2H6/c13-10-3-1-9(2-4-10)11-7-17-8-12(16)14(11)5-6-15;7-6-4-2-1-3-5-6;1-2-3-1;1-2/h1-4,11,15H,5-8H2;1-5H;1-3H2;1-2H3/t11-;;;/m0.../s1. The summed E-state index contributed by atoms with van der Waals surface area (Å²) in [5, 5.41) is 10.4. The van der Waals surface area contributed by atoms with Crippen molar-refractivity contribution in [1.82, 2.24) is 4.90 Å². The molecule has 1 aliphatic heterocycles. The summed E-state index contributed by atoms with van der Waals surface area (Å²) >= 11 is 11.4. The fourth-order valence-electron chi connectivity index (χ4n) is 2.37. The van der Waals surface area contributed by atoms with Crippen molar-refractivity contribution < 1.29 is 14.6 Å². The highest BCUT2D eigenvalue weighted by Crippen LogP contribution is 2.25. The highest BCUT2D eigenvalue weighted by Gasteiger charge is 2.29. The predicted octanol–water partition coefficient (Wildman–Crippen LogP) is 5.77. The lowest BCUT2D eigenvalue weighted by Crippen LogP contribution is -2.45. The molecule has 1 amide bonds. The number of benzene rings is 2. The van der Waals surface area contributed by atoms with E-state index in [9.17, 15) is 4.79 Å². The van der Waals surface area contributed by atoms with Crippen molar-refractivity contribution in [2.24, 2.45) is 0 Å². The van der Waals surface area contributed by atoms with Gasteiger partial charge >= 0.3 is 0 Å². The molecule has 0 aromatic heterocycles. The van der Waals surface area contributed by atoms with Crippen LogP contribution < -0.4 is 0 Å². The predicted molar refractivity (Wildman–Crippen MR) is 120 cm³/mol. The van der Waals surface area contributed by atoms with Crippen LogP contribution in [0.1, 0.15) is 44.7 Å². The van der Waals surface area contributed by atoms with Crippen LogP contribution in [0.15, 0.2) is 54.6 Å². The summed E-state index contributed by atoms with van der Waals surface area (Å²) in [7, 11) is 0. The van der Waals surface area contributed by atoms with E-state index in [-0.39, 0.29) is 25.2 Å². The lowest BCUT2D eigenvalue weighted by Gasteiger charge is -2.35. The van der Waals surface area contributed by atoms with Crippen molar-refractivity contribution in [2.75, 3.05) is 26.4 Å². The smallest absolute Gasteiger partial charge is 0.249 e. The van der Waals surface area contributed by atoms with Gasteiger partial charge in [-0.1, -0.05) is 86.6 Å². The van der Waals surface area contributed by atoms with E-state index in [2.05, 4.69) is 0 Å². The fraction of sp³-hybridized carbons (Fsp3) is 0.435. The van der Waals surface area contributed by atoms with E-state index in [1.165, 1.54) is 19.3 Å². The summed E-state index contributed by atoms with van der Waals surface area (Å²) in [5.74, 6) is -0.0924. The van der Waals surface area contributed by atoms with Gasteiger partial charge in [0.25, 0.3) is 0 Å². The first-order valence-electron chi connectivity index (χ1n) is 10.1. The first-order valence-corrected chi connectivity index (χ1v) is 10.8. The largest absolute Gasteiger partial charge is 0.395 e. The van der Waals surface area contributed by atoms with E-state index in [4.69, 9.17) is 33.0 Å². The van der Waals surface area contributed by atoms with E-state index in [0.29, 0.717) is 18.2 Å². The third-order valence-electron chi connectivity index (χ3n) is 3.88. The van der Waals surface area contributed by atoms with Gasteiger partial charge in [0.15, 0.2) is 0 Å². The lowest BCUT2D eigenvalue weighted by atomic mass is 10.0. The monoisotopic (exact) mass is 439 g/mol. The summed E-state index contributed by atoms with van der Waals surface area (Å²) in [5.41, 5.74) is 0.968. The summed E-state index contributed by atoms with van der Waals surface area (Å²) in [6.07, 6.45) is 4.50. The van der Waals surface area contributed by atoms with Gasteiger partial charge in [-0.3, -0.25) is 4.79 Å². The Hall–Kier alpha value is -1.59. The van der Waals surface area contributed by atoms with Gasteiger partial charge in [-0.05, 0) is 29.8 Å². The zero-order chi connectivity index (χ0) is 21.5. The van der Waals surface area contributed by atoms with Crippen molar-refractivity contribution in [2.45, 2.75) is 39.2 Å². The third kappa shape index (κ3) is 10.7. The molecule has 0 radical (unpaired) electrons. The SMILES string of the molecule is C1CC1.CC.Clc1ccccc1.O=C1COC[C@@H](c2ccc(Cl)cc2)N1CCO. The average Bonchev–Trinajstić information content (AvgIpc) is 3.63. The van der Waals surface area contributed by atoms with Crippen LogP contribution in [0.3, 0.4) is 0 Å². The Labute approximate surface area is 184 Å². The molecule has 0 spiro atoms. The second-order valence-corrected chi connectivity index (χ2v) is 7.12. The van der Waals surface area contributed by atoms with Gasteiger partial charge in [0.05, 0.1) is 19.3 Å². The molecular weight excluding hydrogens is 409 g/mol. The molecule has 0 bridgehead atoms. The van der Waals surface area contributed by atoms with Gasteiger partial charge in [0.1, 0.15) is 6.61 Å². The number of β-amino-alcohol motifs (C(OH)–C–C–N with tert-alkyl or cyclic N) is 1. The van der Waals surface area contributed by atoms with Crippen LogP contribution >= 0.6 is 23.2 Å². The van der Waals surface area contributed by atoms with Gasteiger partial charge in [-0.2, -0.15) is 0 Å². The quantitative estimate of drug-likeness (QED) is 0.659. The maximum absolute atomic E-state index is 11.7. The third-order valence-corrected chi connectivity index (χ3v) is 4.38. The van der Waals surface area contributed by atoms with Gasteiger partial charge < -0.3 is 14.7 Å². The number of aliphatic hydroxyl groups is 1. The molecule has 29 heavy (non-hydrogen) atoms. The Morgan fingerprint density at radius 1 is 0.966 bits per heavy atom. The number of carbonyl (C=O) groups is 1. The van der Waals surface area contributed by atoms with E-state index in [1.54, 1.807) is 17.0 Å². The molecular formula is C23H31Cl2NO3. The van der Waals surface area contributed by atoms with E-state index in [0.717, 1.165) is 10.6 Å². The van der Waals surface area contributed by atoms with E-state index >= 15 is 0 Å². The Balaban J connectivity index is 0.000000286. The number of amides is 1. The van der Waals surface area contributed by atoms with Crippen LogP contribution in [0, 0.1) is 0 Å². The normalized spacial score (nSPS) is 16.9. The number of hydrogen-bond donors (Lipinski definition) is 1. The van der Waals surface area contributed by atoms with Gasteiger partial charge in [0, 0.05) is 16.6 Å². The number of halogens is 2. The van der Waals surface area contributed by atoms with Crippen molar-refractivity contribution in [1.29, 1.82) is 0 Å². The van der Waals surface area contributed by atoms with Gasteiger partial charge in [-0.15, -0.1) is 0 Å². The minimum atomic E-state index is -0.138. The van der Waals surface area contributed by atoms with Crippen LogP contribution in [-0.2, 0) is 9.53 Å². The second-order valence-electron chi connectivity index (χ2n) is 6.25. The second kappa shape index (κ2) is 15.3. The fourth-order valence-corrected chi connectivity index (χ4v) is 2.64. The van der Waals surface area contributed by atoms with Crippen molar-refractivity contribution in [3.63, 3.8) is 0 Å². The Bertz CT molecular complexity index is 676. The molecule has 1 atom stereocenters. The number of nitrogens with zero attached hydrogens (tertiary/aromatic N) is 1. The topological polar surface area (TPSA) is 49.8 Å². The van der Waals surface area contributed by atoms with Gasteiger partial charge in [-0.25, -0.2) is 0 Å². The first-order chi connectivity index (χ1) is 14.1. The number of carbonyl (C=O) groups excluding carboxylic acids is 1. The molecule has 1 aliphatic carbocycles. The summed E-state index contributed by atoms with van der Waals surface area (Å²) in [4.78, 5) is 13.3. The molecule has 160 valence electrons. The summed E-state index contributed by atoms with van der Waals surface area (Å²) in [6.45, 7) is 4.82. The Kier molecular flexibility index (Phi) is 13.4. The minimum Gasteiger partial charge on any atom is -0.395 e. The molecule has 4 rings (SSSR count). The first kappa shape index (κ1) is 25.4. The van der Waals surface area contributed by atoms with Crippen LogP contribution in [0.2, 0.25) is 10.0 Å². The highest BCUT2D eigenvalue weighted by molar-refractivity contribution is 6.30. The molecule has 1 N–H and O–H groups in total. The highest BCUT2D eigenvalue weighted by atomic mass is 35.5. The van der Waals surface area contributed by atoms with Gasteiger partial charge in [0.2, 0.25) is 5.91 Å². The number of morpholine rings is 1. The van der Waals surface area contributed by atoms with Crippen LogP contribution in [-0.4, -0.2) is 42.3 Å². The Morgan fingerprint density at radius 2 is 1.52 bits per heavy atom. The molecule has 2 aromatic rings. The molecule has 1 saturated heterocycles. The van der Waals surface area contributed by atoms with Crippen LogP contribution in [0.4, 0.5) is 0 Å². The molecule has 6 heteroatoms. The maximum Gasteiger partial charge on any atom is 0.249 e. The summed E-state index contributed by atoms with van der Waals surface area (Å²) < 4.78 is 5.25. The molecule has 0 unspecified atom stereocenters. The number of rotatable bonds is 3. The van der Waals surface area contributed by atoms with Crippen molar-refractivity contribution in [3.8, 4) is 0 Å². The molecule has 1 saturated carbocycles. The molecule has 4 nitrogen and oxygen atoms in total. The molecule has 2 fully saturated rings. The van der Waals surface area contributed by atoms with Crippen LogP contribution in [0.5, 0.6) is 0 Å². The Morgan fingerprint density at radius 3 is 1.97 bits per heavy atom. The number of hydrogen-bond acceptors (Lipinski definition) is 3. The minimum absolute atomic E-state index is 0.0458. The molecule has 1 heterocycles. The van der Waals surface area contributed by atoms with E-state index < -0.39 is 0 Å². The molecule has 2 aliphatic rings. The zero-order valence-electron chi connectivity index (χ0n) is 17.2. The average molecular weight is 440 g/mol. The van der Waals surface area contributed by atoms with Crippen LogP contribution in [0.25, 0.3) is 0 Å². The van der Waals surface area contributed by atoms with Crippen molar-refractivity contribution >= 4 is 29.1 Å². The number of aliphatic hydroxyl groups excluding tert-OH is 1. The summed E-state index contributed by atoms with van der Waals surface area (Å²) in [6, 6.07) is 16.6. The zero-order valence-corrected chi connectivity index (χ0v) is 18.7. The molecule has 2 aromatic carbocycles. The maximum atomic E-state index is 11.7. The number of ether oxygens (including phenoxy) is 1. The lowest BCUT2D eigenvalue weighted by molar-refractivity contribution is -0.149.